The van der Waals surface area contributed by atoms with Crippen LogP contribution in [0.3, 0.4) is 0 Å². The average Bonchev–Trinajstić information content (AvgIpc) is 3.23. The molecule has 6 heteroatoms. The van der Waals surface area contributed by atoms with E-state index in [0.29, 0.717) is 19.3 Å². The molecule has 0 radical (unpaired) electrons. The van der Waals surface area contributed by atoms with Crippen LogP contribution in [-0.4, -0.2) is 37.2 Å². The van der Waals surface area contributed by atoms with Gasteiger partial charge in [0.2, 0.25) is 0 Å². The molecule has 0 N–H and O–H groups in total. The van der Waals surface area contributed by atoms with E-state index < -0.39 is 6.10 Å². The van der Waals surface area contributed by atoms with Crippen LogP contribution in [0.1, 0.15) is 304 Å². The summed E-state index contributed by atoms with van der Waals surface area (Å²) in [6.45, 7) is 11.3. The van der Waals surface area contributed by atoms with Gasteiger partial charge in [0.25, 0.3) is 0 Å². The number of esters is 3. The Kier molecular flexibility index (Phi) is 46.6. The molecule has 0 spiro atoms. The number of unbranched alkanes of at least 4 members (excludes halogenated alkanes) is 34. The SMILES string of the molecule is CCCCCCCCCCCCCCCCCCCC(=O)OC[C@@H](COC(=O)CCCCCCCCC(C)C)OC(=O)CCCCCCCCCCCCCCCCC(C)C. The highest BCUT2D eigenvalue weighted by Crippen LogP contribution is 2.18. The first kappa shape index (κ1) is 59.4. The summed E-state index contributed by atoms with van der Waals surface area (Å²) in [4.78, 5) is 38.0. The van der Waals surface area contributed by atoms with Gasteiger partial charge in [0.1, 0.15) is 13.2 Å². The zero-order valence-corrected chi connectivity index (χ0v) is 41.8. The Bertz CT molecular complexity index is 931. The number of hydrogen-bond donors (Lipinski definition) is 0. The van der Waals surface area contributed by atoms with Crippen molar-refractivity contribution in [3.63, 3.8) is 0 Å². The molecule has 0 aliphatic carbocycles. The van der Waals surface area contributed by atoms with Crippen LogP contribution in [-0.2, 0) is 28.6 Å². The summed E-state index contributed by atoms with van der Waals surface area (Å²) in [5.74, 6) is 0.757. The van der Waals surface area contributed by atoms with E-state index in [9.17, 15) is 14.4 Å². The smallest absolute Gasteiger partial charge is 0.306 e. The minimum Gasteiger partial charge on any atom is -0.462 e. The van der Waals surface area contributed by atoms with Gasteiger partial charge in [-0.15, -0.1) is 0 Å². The summed E-state index contributed by atoms with van der Waals surface area (Å²) in [6, 6.07) is 0. The lowest BCUT2D eigenvalue weighted by Gasteiger charge is -2.18. The van der Waals surface area contributed by atoms with Gasteiger partial charge < -0.3 is 14.2 Å². The quantitative estimate of drug-likeness (QED) is 0.0344. The van der Waals surface area contributed by atoms with Gasteiger partial charge in [-0.1, -0.05) is 266 Å². The van der Waals surface area contributed by atoms with Crippen molar-refractivity contribution in [2.45, 2.75) is 310 Å². The van der Waals surface area contributed by atoms with Crippen molar-refractivity contribution in [2.75, 3.05) is 13.2 Å². The first-order valence-electron chi connectivity index (χ1n) is 27.2. The Morgan fingerprint density at radius 2 is 0.541 bits per heavy atom. The van der Waals surface area contributed by atoms with Crippen molar-refractivity contribution in [1.82, 2.24) is 0 Å². The summed E-state index contributed by atoms with van der Waals surface area (Å²) in [6.07, 6.45) is 49.6. The van der Waals surface area contributed by atoms with Gasteiger partial charge in [0, 0.05) is 19.3 Å². The molecule has 0 aromatic heterocycles. The second-order valence-corrected chi connectivity index (χ2v) is 19.8. The lowest BCUT2D eigenvalue weighted by atomic mass is 10.0. The fraction of sp³-hybridized carbons (Fsp3) is 0.945. The molecule has 0 unspecified atom stereocenters. The zero-order valence-electron chi connectivity index (χ0n) is 41.8. The summed E-state index contributed by atoms with van der Waals surface area (Å²) < 4.78 is 16.8. The normalized spacial score (nSPS) is 12.0. The fourth-order valence-corrected chi connectivity index (χ4v) is 8.34. The number of hydrogen-bond acceptors (Lipinski definition) is 6. The molecule has 0 rings (SSSR count). The average molecular weight is 863 g/mol. The topological polar surface area (TPSA) is 78.9 Å². The lowest BCUT2D eigenvalue weighted by molar-refractivity contribution is -0.167. The minimum atomic E-state index is -0.762. The molecule has 1 atom stereocenters. The van der Waals surface area contributed by atoms with Crippen molar-refractivity contribution in [3.8, 4) is 0 Å². The number of ether oxygens (including phenoxy) is 3. The van der Waals surface area contributed by atoms with E-state index in [0.717, 1.165) is 69.6 Å². The monoisotopic (exact) mass is 863 g/mol. The standard InChI is InChI=1S/C55H106O6/c1-6-7-8-9-10-11-12-13-14-15-16-20-23-26-29-35-40-45-53(56)59-48-52(49-60-54(57)46-41-36-32-31-34-39-44-51(4)5)61-55(58)47-42-37-30-27-24-21-18-17-19-22-25-28-33-38-43-50(2)3/h50-52H,6-49H2,1-5H3/t52-/m0/s1. The molecule has 0 aromatic carbocycles. The predicted molar refractivity (Wildman–Crippen MR) is 261 cm³/mol. The fourth-order valence-electron chi connectivity index (χ4n) is 8.34. The predicted octanol–water partition coefficient (Wildman–Crippen LogP) is 17.7. The highest BCUT2D eigenvalue weighted by atomic mass is 16.6. The van der Waals surface area contributed by atoms with E-state index in [1.165, 1.54) is 193 Å². The van der Waals surface area contributed by atoms with Gasteiger partial charge in [0.15, 0.2) is 6.10 Å². The van der Waals surface area contributed by atoms with Gasteiger partial charge in [-0.3, -0.25) is 14.4 Å². The van der Waals surface area contributed by atoms with E-state index in [1.54, 1.807) is 0 Å². The van der Waals surface area contributed by atoms with Crippen LogP contribution in [0.15, 0.2) is 0 Å². The molecule has 6 nitrogen and oxygen atoms in total. The van der Waals surface area contributed by atoms with Gasteiger partial charge in [-0.2, -0.15) is 0 Å². The maximum absolute atomic E-state index is 12.8. The van der Waals surface area contributed by atoms with Crippen LogP contribution >= 0.6 is 0 Å². The molecule has 0 aliphatic rings. The van der Waals surface area contributed by atoms with Crippen molar-refractivity contribution >= 4 is 17.9 Å². The summed E-state index contributed by atoms with van der Waals surface area (Å²) in [5, 5.41) is 0. The Morgan fingerprint density at radius 1 is 0.311 bits per heavy atom. The van der Waals surface area contributed by atoms with E-state index in [-0.39, 0.29) is 31.1 Å². The van der Waals surface area contributed by atoms with Gasteiger partial charge >= 0.3 is 17.9 Å². The third-order valence-corrected chi connectivity index (χ3v) is 12.5. The molecule has 0 aliphatic heterocycles. The van der Waals surface area contributed by atoms with Gasteiger partial charge in [0.05, 0.1) is 0 Å². The third-order valence-electron chi connectivity index (χ3n) is 12.5. The molecular weight excluding hydrogens is 757 g/mol. The van der Waals surface area contributed by atoms with Crippen LogP contribution in [0, 0.1) is 11.8 Å². The molecule has 0 fully saturated rings. The molecule has 362 valence electrons. The Morgan fingerprint density at radius 3 is 0.803 bits per heavy atom. The van der Waals surface area contributed by atoms with Crippen LogP contribution in [0.4, 0.5) is 0 Å². The van der Waals surface area contributed by atoms with Crippen LogP contribution in [0.25, 0.3) is 0 Å². The molecule has 61 heavy (non-hydrogen) atoms. The Hall–Kier alpha value is -1.59. The Labute approximate surface area is 380 Å². The Balaban J connectivity index is 4.24. The molecular formula is C55H106O6. The highest BCUT2D eigenvalue weighted by Gasteiger charge is 2.19. The van der Waals surface area contributed by atoms with Gasteiger partial charge in [-0.05, 0) is 31.1 Å². The maximum Gasteiger partial charge on any atom is 0.306 e. The summed E-state index contributed by atoms with van der Waals surface area (Å²) in [5.41, 5.74) is 0. The molecule has 0 amide bonds. The molecule has 0 bridgehead atoms. The van der Waals surface area contributed by atoms with Crippen molar-refractivity contribution in [3.05, 3.63) is 0 Å². The number of carbonyl (C=O) groups is 3. The first-order chi connectivity index (χ1) is 29.7. The van der Waals surface area contributed by atoms with E-state index in [1.807, 2.05) is 0 Å². The largest absolute Gasteiger partial charge is 0.462 e. The third kappa shape index (κ3) is 49.3. The highest BCUT2D eigenvalue weighted by molar-refractivity contribution is 5.71. The molecule has 0 aromatic rings. The zero-order chi connectivity index (χ0) is 44.7. The minimum absolute atomic E-state index is 0.0640. The summed E-state index contributed by atoms with van der Waals surface area (Å²) >= 11 is 0. The van der Waals surface area contributed by atoms with Crippen molar-refractivity contribution in [2.24, 2.45) is 11.8 Å². The summed E-state index contributed by atoms with van der Waals surface area (Å²) in [7, 11) is 0. The first-order valence-corrected chi connectivity index (χ1v) is 27.2. The van der Waals surface area contributed by atoms with Gasteiger partial charge in [-0.25, -0.2) is 0 Å². The van der Waals surface area contributed by atoms with Crippen LogP contribution in [0.2, 0.25) is 0 Å². The molecule has 0 saturated carbocycles. The lowest BCUT2D eigenvalue weighted by Crippen LogP contribution is -2.30. The second kappa shape index (κ2) is 47.9. The number of carbonyl (C=O) groups excluding carboxylic acids is 3. The van der Waals surface area contributed by atoms with E-state index >= 15 is 0 Å². The van der Waals surface area contributed by atoms with E-state index in [4.69, 9.17) is 14.2 Å². The van der Waals surface area contributed by atoms with Crippen LogP contribution < -0.4 is 0 Å². The van der Waals surface area contributed by atoms with Crippen LogP contribution in [0.5, 0.6) is 0 Å². The van der Waals surface area contributed by atoms with Crippen molar-refractivity contribution in [1.29, 1.82) is 0 Å². The van der Waals surface area contributed by atoms with E-state index in [2.05, 4.69) is 34.6 Å². The molecule has 0 saturated heterocycles. The maximum atomic E-state index is 12.8. The molecule has 0 heterocycles. The van der Waals surface area contributed by atoms with Crippen molar-refractivity contribution < 1.29 is 28.6 Å². The second-order valence-electron chi connectivity index (χ2n) is 19.8. The number of rotatable bonds is 49.